The summed E-state index contributed by atoms with van der Waals surface area (Å²) >= 11 is 9.41. The van der Waals surface area contributed by atoms with Crippen molar-refractivity contribution in [1.82, 2.24) is 0 Å². The zero-order chi connectivity index (χ0) is 14.7. The Kier molecular flexibility index (Phi) is 4.73. The summed E-state index contributed by atoms with van der Waals surface area (Å²) < 4.78 is 16.6. The minimum Gasteiger partial charge on any atom is -0.481 e. The Balaban J connectivity index is 2.15. The van der Waals surface area contributed by atoms with E-state index in [4.69, 9.17) is 20.8 Å². The van der Waals surface area contributed by atoms with Crippen LogP contribution >= 0.6 is 27.5 Å². The average Bonchev–Trinajstić information content (AvgIpc) is 2.91. The molecule has 0 aliphatic rings. The van der Waals surface area contributed by atoms with Crippen LogP contribution in [0.2, 0.25) is 5.02 Å². The number of ether oxygens (including phenoxy) is 2. The lowest BCUT2D eigenvalue weighted by molar-refractivity contribution is 0.0558. The summed E-state index contributed by atoms with van der Waals surface area (Å²) in [5.74, 6) is 0.660. The molecule has 2 aromatic rings. The topological polar surface area (TPSA) is 48.7 Å². The molecule has 0 fully saturated rings. The van der Waals surface area contributed by atoms with Crippen LogP contribution in [0.5, 0.6) is 5.75 Å². The molecule has 20 heavy (non-hydrogen) atoms. The Morgan fingerprint density at radius 2 is 2.10 bits per heavy atom. The van der Waals surface area contributed by atoms with Gasteiger partial charge >= 0.3 is 5.97 Å². The molecule has 0 saturated heterocycles. The Morgan fingerprint density at radius 3 is 2.80 bits per heavy atom. The highest BCUT2D eigenvalue weighted by Crippen LogP contribution is 2.32. The normalized spacial score (nSPS) is 12.0. The number of carbonyl (C=O) groups is 1. The molecule has 0 radical (unpaired) electrons. The third kappa shape index (κ3) is 3.35. The van der Waals surface area contributed by atoms with Crippen molar-refractivity contribution in [3.63, 3.8) is 0 Å². The van der Waals surface area contributed by atoms with Gasteiger partial charge in [0.15, 0.2) is 6.10 Å². The third-order valence-corrected chi connectivity index (χ3v) is 3.42. The van der Waals surface area contributed by atoms with Crippen molar-refractivity contribution in [1.29, 1.82) is 0 Å². The van der Waals surface area contributed by atoms with Crippen LogP contribution in [-0.4, -0.2) is 13.1 Å². The molecule has 0 spiro atoms. The second kappa shape index (κ2) is 6.33. The Morgan fingerprint density at radius 1 is 1.35 bits per heavy atom. The lowest BCUT2D eigenvalue weighted by Crippen LogP contribution is -2.03. The van der Waals surface area contributed by atoms with Gasteiger partial charge in [-0.1, -0.05) is 27.5 Å². The van der Waals surface area contributed by atoms with Crippen molar-refractivity contribution >= 4 is 33.5 Å². The number of esters is 1. The van der Waals surface area contributed by atoms with Crippen LogP contribution in [0.4, 0.5) is 0 Å². The molecule has 4 nitrogen and oxygen atoms in total. The molecule has 106 valence electrons. The van der Waals surface area contributed by atoms with Gasteiger partial charge < -0.3 is 13.9 Å². The number of methoxy groups -OCH3 is 1. The summed E-state index contributed by atoms with van der Waals surface area (Å²) in [5, 5.41) is 0.500. The van der Waals surface area contributed by atoms with Crippen molar-refractivity contribution < 1.29 is 18.7 Å². The lowest BCUT2D eigenvalue weighted by atomic mass is 10.3. The molecule has 0 bridgehead atoms. The minimum atomic E-state index is -0.524. The van der Waals surface area contributed by atoms with E-state index in [-0.39, 0.29) is 11.9 Å². The van der Waals surface area contributed by atoms with E-state index in [1.807, 2.05) is 6.07 Å². The van der Waals surface area contributed by atoms with E-state index in [0.717, 1.165) is 4.47 Å². The van der Waals surface area contributed by atoms with E-state index in [9.17, 15) is 4.79 Å². The molecule has 0 aliphatic carbocycles. The second-order valence-corrected chi connectivity index (χ2v) is 5.35. The van der Waals surface area contributed by atoms with Crippen molar-refractivity contribution in [2.24, 2.45) is 0 Å². The number of benzene rings is 1. The second-order valence-electron chi connectivity index (χ2n) is 4.03. The molecular weight excluding hydrogens is 348 g/mol. The van der Waals surface area contributed by atoms with Crippen LogP contribution < -0.4 is 4.74 Å². The van der Waals surface area contributed by atoms with Gasteiger partial charge in [0.2, 0.25) is 5.76 Å². The predicted molar refractivity (Wildman–Crippen MR) is 78.2 cm³/mol. The molecule has 2 rings (SSSR count). The molecule has 1 aromatic heterocycles. The zero-order valence-corrected chi connectivity index (χ0v) is 13.2. The lowest BCUT2D eigenvalue weighted by Gasteiger charge is -2.13. The molecule has 0 amide bonds. The summed E-state index contributed by atoms with van der Waals surface area (Å²) in [6.07, 6.45) is -0.389. The van der Waals surface area contributed by atoms with Crippen LogP contribution in [0, 0.1) is 0 Å². The molecule has 1 aromatic carbocycles. The van der Waals surface area contributed by atoms with Gasteiger partial charge in [0.05, 0.1) is 12.1 Å². The van der Waals surface area contributed by atoms with E-state index in [1.165, 1.54) is 7.11 Å². The number of furan rings is 1. The fourth-order valence-corrected chi connectivity index (χ4v) is 2.10. The van der Waals surface area contributed by atoms with Gasteiger partial charge in [0.1, 0.15) is 11.5 Å². The number of rotatable bonds is 4. The zero-order valence-electron chi connectivity index (χ0n) is 10.9. The summed E-state index contributed by atoms with van der Waals surface area (Å²) in [7, 11) is 1.30. The molecule has 0 saturated carbocycles. The Bertz CT molecular complexity index is 623. The summed E-state index contributed by atoms with van der Waals surface area (Å²) in [4.78, 5) is 11.3. The van der Waals surface area contributed by atoms with Gasteiger partial charge in [0.25, 0.3) is 0 Å². The standard InChI is InChI=1S/C14H12BrClO4/c1-8(11-5-6-12(20-11)14(17)18-2)19-13-7-9(15)3-4-10(13)16/h3-8H,1-2H3. The highest BCUT2D eigenvalue weighted by atomic mass is 79.9. The Labute approximate surface area is 129 Å². The molecule has 1 heterocycles. The van der Waals surface area contributed by atoms with E-state index >= 15 is 0 Å². The molecule has 0 N–H and O–H groups in total. The van der Waals surface area contributed by atoms with E-state index in [0.29, 0.717) is 16.5 Å². The fourth-order valence-electron chi connectivity index (χ4n) is 1.60. The van der Waals surface area contributed by atoms with Crippen molar-refractivity contribution in [2.45, 2.75) is 13.0 Å². The first-order chi connectivity index (χ1) is 9.51. The monoisotopic (exact) mass is 358 g/mol. The van der Waals surface area contributed by atoms with Gasteiger partial charge in [-0.05, 0) is 37.3 Å². The minimum absolute atomic E-state index is 0.137. The van der Waals surface area contributed by atoms with Gasteiger partial charge in [-0.3, -0.25) is 0 Å². The van der Waals surface area contributed by atoms with Gasteiger partial charge in [-0.15, -0.1) is 0 Å². The fraction of sp³-hybridized carbons (Fsp3) is 0.214. The van der Waals surface area contributed by atoms with Gasteiger partial charge in [-0.25, -0.2) is 4.79 Å². The number of hydrogen-bond donors (Lipinski definition) is 0. The first kappa shape index (κ1) is 14.9. The van der Waals surface area contributed by atoms with Crippen molar-refractivity contribution in [3.05, 3.63) is 51.3 Å². The largest absolute Gasteiger partial charge is 0.481 e. The number of hydrogen-bond acceptors (Lipinski definition) is 4. The van der Waals surface area contributed by atoms with Crippen molar-refractivity contribution in [3.8, 4) is 5.75 Å². The maximum absolute atomic E-state index is 11.3. The summed E-state index contributed by atoms with van der Waals surface area (Å²) in [6.45, 7) is 1.80. The summed E-state index contributed by atoms with van der Waals surface area (Å²) in [5.41, 5.74) is 0. The van der Waals surface area contributed by atoms with Gasteiger partial charge in [-0.2, -0.15) is 0 Å². The predicted octanol–water partition coefficient (Wildman–Crippen LogP) is 4.62. The number of halogens is 2. The molecule has 1 unspecified atom stereocenters. The van der Waals surface area contributed by atoms with Crippen LogP contribution in [-0.2, 0) is 4.74 Å². The maximum Gasteiger partial charge on any atom is 0.373 e. The first-order valence-electron chi connectivity index (χ1n) is 5.81. The highest BCUT2D eigenvalue weighted by Gasteiger charge is 2.17. The first-order valence-corrected chi connectivity index (χ1v) is 6.98. The highest BCUT2D eigenvalue weighted by molar-refractivity contribution is 9.10. The van der Waals surface area contributed by atoms with Crippen LogP contribution in [0.1, 0.15) is 29.3 Å². The summed E-state index contributed by atoms with van der Waals surface area (Å²) in [6, 6.07) is 8.53. The molecule has 6 heteroatoms. The SMILES string of the molecule is COC(=O)c1ccc(C(C)Oc2cc(Br)ccc2Cl)o1. The quantitative estimate of drug-likeness (QED) is 0.747. The molecular formula is C14H12BrClO4. The van der Waals surface area contributed by atoms with Crippen LogP contribution in [0.25, 0.3) is 0 Å². The van der Waals surface area contributed by atoms with E-state index in [1.54, 1.807) is 31.2 Å². The van der Waals surface area contributed by atoms with Crippen LogP contribution in [0.3, 0.4) is 0 Å². The smallest absolute Gasteiger partial charge is 0.373 e. The maximum atomic E-state index is 11.3. The Hall–Kier alpha value is -1.46. The molecule has 1 atom stereocenters. The average molecular weight is 360 g/mol. The third-order valence-electron chi connectivity index (χ3n) is 2.61. The molecule has 0 aliphatic heterocycles. The van der Waals surface area contributed by atoms with E-state index in [2.05, 4.69) is 20.7 Å². The number of carbonyl (C=O) groups excluding carboxylic acids is 1. The van der Waals surface area contributed by atoms with Gasteiger partial charge in [0, 0.05) is 4.47 Å². The van der Waals surface area contributed by atoms with Crippen molar-refractivity contribution in [2.75, 3.05) is 7.11 Å². The van der Waals surface area contributed by atoms with Crippen LogP contribution in [0.15, 0.2) is 39.2 Å². The van der Waals surface area contributed by atoms with E-state index < -0.39 is 5.97 Å².